The molecule has 1 fully saturated rings. The second-order valence-electron chi connectivity index (χ2n) is 8.40. The molecule has 0 aliphatic carbocycles. The molecule has 0 N–H and O–H groups in total. The molecule has 0 unspecified atom stereocenters. The average molecular weight is 470 g/mol. The van der Waals surface area contributed by atoms with Gasteiger partial charge in [-0.05, 0) is 36.2 Å². The second-order valence-corrected chi connectivity index (χ2v) is 9.48. The standard InChI is InChI=1S/C28H27N3O2S/c32-27-25(30-20-18-29(19-21-30)23-12-6-2-7-13-23)26(34-24-14-8-3-9-15-24)28(33)31(27)17-16-22-10-4-1-5-11-22/h1-15H,16-21H2. The molecule has 5 nitrogen and oxygen atoms in total. The van der Waals surface area contributed by atoms with Crippen molar-refractivity contribution in [1.29, 1.82) is 0 Å². The van der Waals surface area contributed by atoms with Crippen LogP contribution in [-0.4, -0.2) is 54.3 Å². The van der Waals surface area contributed by atoms with Gasteiger partial charge in [-0.2, -0.15) is 0 Å². The Morgan fingerprint density at radius 1 is 0.647 bits per heavy atom. The van der Waals surface area contributed by atoms with E-state index in [2.05, 4.69) is 21.9 Å². The number of thioether (sulfide) groups is 1. The van der Waals surface area contributed by atoms with E-state index in [9.17, 15) is 9.59 Å². The van der Waals surface area contributed by atoms with Crippen molar-refractivity contribution in [1.82, 2.24) is 9.80 Å². The van der Waals surface area contributed by atoms with Crippen LogP contribution in [0.25, 0.3) is 0 Å². The van der Waals surface area contributed by atoms with Crippen molar-refractivity contribution in [2.75, 3.05) is 37.6 Å². The van der Waals surface area contributed by atoms with Gasteiger partial charge in [-0.25, -0.2) is 0 Å². The lowest BCUT2D eigenvalue weighted by atomic mass is 10.1. The first-order valence-electron chi connectivity index (χ1n) is 11.6. The maximum absolute atomic E-state index is 13.6. The summed E-state index contributed by atoms with van der Waals surface area (Å²) in [5.41, 5.74) is 2.86. The number of imide groups is 1. The van der Waals surface area contributed by atoms with Gasteiger partial charge in [-0.3, -0.25) is 14.5 Å². The second kappa shape index (κ2) is 10.2. The van der Waals surface area contributed by atoms with Gasteiger partial charge in [0.1, 0.15) is 10.6 Å². The minimum Gasteiger partial charge on any atom is -0.368 e. The van der Waals surface area contributed by atoms with Crippen LogP contribution in [0.2, 0.25) is 0 Å². The van der Waals surface area contributed by atoms with Crippen LogP contribution in [0.4, 0.5) is 5.69 Å². The van der Waals surface area contributed by atoms with E-state index in [4.69, 9.17) is 0 Å². The number of hydrogen-bond donors (Lipinski definition) is 0. The summed E-state index contributed by atoms with van der Waals surface area (Å²) in [5.74, 6) is -0.359. The number of nitrogens with zero attached hydrogens (tertiary/aromatic N) is 3. The van der Waals surface area contributed by atoms with Crippen LogP contribution < -0.4 is 4.90 Å². The highest BCUT2D eigenvalue weighted by Gasteiger charge is 2.41. The Bertz CT molecular complexity index is 1170. The number of carbonyl (C=O) groups is 2. The van der Waals surface area contributed by atoms with E-state index < -0.39 is 0 Å². The van der Waals surface area contributed by atoms with E-state index >= 15 is 0 Å². The van der Waals surface area contributed by atoms with E-state index in [-0.39, 0.29) is 11.8 Å². The minimum atomic E-state index is -0.185. The van der Waals surface area contributed by atoms with Crippen molar-refractivity contribution in [3.05, 3.63) is 107 Å². The van der Waals surface area contributed by atoms with Crippen LogP contribution in [0, 0.1) is 0 Å². The zero-order chi connectivity index (χ0) is 23.3. The molecule has 0 bridgehead atoms. The number of benzene rings is 3. The van der Waals surface area contributed by atoms with Crippen molar-refractivity contribution in [2.45, 2.75) is 11.3 Å². The smallest absolute Gasteiger partial charge is 0.278 e. The van der Waals surface area contributed by atoms with Crippen molar-refractivity contribution in [3.63, 3.8) is 0 Å². The number of piperazine rings is 1. The van der Waals surface area contributed by atoms with Crippen LogP contribution in [0.1, 0.15) is 5.56 Å². The molecule has 0 atom stereocenters. The third-order valence-corrected chi connectivity index (χ3v) is 7.33. The van der Waals surface area contributed by atoms with Crippen molar-refractivity contribution < 1.29 is 9.59 Å². The van der Waals surface area contributed by atoms with Gasteiger partial charge in [0, 0.05) is 43.3 Å². The number of para-hydroxylation sites is 1. The van der Waals surface area contributed by atoms with Crippen LogP contribution in [-0.2, 0) is 16.0 Å². The number of rotatable bonds is 7. The molecule has 2 aliphatic heterocycles. The highest BCUT2D eigenvalue weighted by atomic mass is 32.2. The van der Waals surface area contributed by atoms with Crippen molar-refractivity contribution >= 4 is 29.3 Å². The van der Waals surface area contributed by atoms with Gasteiger partial charge in [-0.15, -0.1) is 0 Å². The number of hydrogen-bond acceptors (Lipinski definition) is 5. The van der Waals surface area contributed by atoms with E-state index in [1.807, 2.05) is 78.9 Å². The minimum absolute atomic E-state index is 0.174. The first-order chi connectivity index (χ1) is 16.7. The molecule has 2 heterocycles. The Labute approximate surface area is 204 Å². The first kappa shape index (κ1) is 22.3. The summed E-state index contributed by atoms with van der Waals surface area (Å²) in [7, 11) is 0. The zero-order valence-electron chi connectivity index (χ0n) is 19.0. The Morgan fingerprint density at radius 2 is 1.21 bits per heavy atom. The lowest BCUT2D eigenvalue weighted by Gasteiger charge is -2.37. The highest BCUT2D eigenvalue weighted by molar-refractivity contribution is 8.04. The van der Waals surface area contributed by atoms with Gasteiger partial charge in [-0.1, -0.05) is 78.5 Å². The summed E-state index contributed by atoms with van der Waals surface area (Å²) >= 11 is 1.40. The first-order valence-corrected chi connectivity index (χ1v) is 12.4. The summed E-state index contributed by atoms with van der Waals surface area (Å²) < 4.78 is 0. The summed E-state index contributed by atoms with van der Waals surface area (Å²) in [4.78, 5) is 34.4. The predicted molar refractivity (Wildman–Crippen MR) is 136 cm³/mol. The normalized spacial score (nSPS) is 16.5. The van der Waals surface area contributed by atoms with Crippen LogP contribution in [0.5, 0.6) is 0 Å². The fourth-order valence-electron chi connectivity index (χ4n) is 4.43. The molecule has 2 amide bonds. The van der Waals surface area contributed by atoms with Crippen LogP contribution in [0.3, 0.4) is 0 Å². The summed E-state index contributed by atoms with van der Waals surface area (Å²) in [6.07, 6.45) is 0.649. The van der Waals surface area contributed by atoms with E-state index in [0.29, 0.717) is 36.7 Å². The molecular formula is C28H27N3O2S. The van der Waals surface area contributed by atoms with Gasteiger partial charge in [0.2, 0.25) is 0 Å². The Kier molecular flexibility index (Phi) is 6.67. The number of anilines is 1. The molecule has 3 aromatic rings. The maximum Gasteiger partial charge on any atom is 0.278 e. The maximum atomic E-state index is 13.6. The quantitative estimate of drug-likeness (QED) is 0.479. The monoisotopic (exact) mass is 469 g/mol. The summed E-state index contributed by atoms with van der Waals surface area (Å²) in [6.45, 7) is 3.40. The molecular weight excluding hydrogens is 442 g/mol. The number of amides is 2. The van der Waals surface area contributed by atoms with Crippen LogP contribution >= 0.6 is 11.8 Å². The SMILES string of the molecule is O=C1C(Sc2ccccc2)=C(N2CCN(c3ccccc3)CC2)C(=O)N1CCc1ccccc1. The van der Waals surface area contributed by atoms with Gasteiger partial charge in [0.15, 0.2) is 0 Å². The largest absolute Gasteiger partial charge is 0.368 e. The third-order valence-electron chi connectivity index (χ3n) is 6.25. The molecule has 0 saturated carbocycles. The molecule has 34 heavy (non-hydrogen) atoms. The van der Waals surface area contributed by atoms with Crippen molar-refractivity contribution in [2.24, 2.45) is 0 Å². The Balaban J connectivity index is 1.37. The molecule has 172 valence electrons. The molecule has 5 rings (SSSR count). The van der Waals surface area contributed by atoms with Gasteiger partial charge in [0.25, 0.3) is 11.8 Å². The Morgan fingerprint density at radius 3 is 1.85 bits per heavy atom. The number of carbonyl (C=O) groups excluding carboxylic acids is 2. The fraction of sp³-hybridized carbons (Fsp3) is 0.214. The third kappa shape index (κ3) is 4.73. The molecule has 2 aliphatic rings. The zero-order valence-corrected chi connectivity index (χ0v) is 19.8. The van der Waals surface area contributed by atoms with Gasteiger partial charge in [0.05, 0.1) is 0 Å². The van der Waals surface area contributed by atoms with E-state index in [0.717, 1.165) is 23.5 Å². The lowest BCUT2D eigenvalue weighted by molar-refractivity contribution is -0.137. The molecule has 0 spiro atoms. The van der Waals surface area contributed by atoms with E-state index in [1.54, 1.807) is 0 Å². The molecule has 6 heteroatoms. The van der Waals surface area contributed by atoms with Gasteiger partial charge < -0.3 is 9.80 Å². The van der Waals surface area contributed by atoms with Crippen molar-refractivity contribution in [3.8, 4) is 0 Å². The highest BCUT2D eigenvalue weighted by Crippen LogP contribution is 2.37. The van der Waals surface area contributed by atoms with Gasteiger partial charge >= 0.3 is 0 Å². The van der Waals surface area contributed by atoms with E-state index in [1.165, 1.54) is 22.3 Å². The molecule has 0 aromatic heterocycles. The molecule has 3 aromatic carbocycles. The fourth-order valence-corrected chi connectivity index (χ4v) is 5.47. The predicted octanol–water partition coefficient (Wildman–Crippen LogP) is 4.42. The average Bonchev–Trinajstić information content (AvgIpc) is 3.13. The Hall–Kier alpha value is -3.51. The lowest BCUT2D eigenvalue weighted by Crippen LogP contribution is -2.47. The topological polar surface area (TPSA) is 43.9 Å². The summed E-state index contributed by atoms with van der Waals surface area (Å²) in [6, 6.07) is 30.1. The van der Waals surface area contributed by atoms with Crippen LogP contribution in [0.15, 0.2) is 106 Å². The molecule has 0 radical (unpaired) electrons. The summed E-state index contributed by atoms with van der Waals surface area (Å²) in [5, 5.41) is 0. The molecule has 1 saturated heterocycles.